The Kier molecular flexibility index (Phi) is 2.67. The van der Waals surface area contributed by atoms with E-state index < -0.39 is 0 Å². The van der Waals surface area contributed by atoms with Crippen LogP contribution in [0, 0.1) is 23.7 Å². The normalized spacial score (nSPS) is 33.5. The average molecular weight is 283 g/mol. The minimum Gasteiger partial charge on any atom is -0.495 e. The Bertz CT molecular complexity index is 619. The Morgan fingerprint density at radius 2 is 1.57 bits per heavy atom. The zero-order chi connectivity index (χ0) is 14.6. The molecule has 0 spiro atoms. The Labute approximate surface area is 123 Å². The van der Waals surface area contributed by atoms with Crippen molar-refractivity contribution in [3.8, 4) is 5.75 Å². The largest absolute Gasteiger partial charge is 0.495 e. The van der Waals surface area contributed by atoms with Gasteiger partial charge < -0.3 is 4.74 Å². The lowest BCUT2D eigenvalue weighted by atomic mass is 9.63. The molecule has 4 heteroatoms. The van der Waals surface area contributed by atoms with Crippen LogP contribution >= 0.6 is 0 Å². The molecule has 1 heterocycles. The maximum Gasteiger partial charge on any atom is 0.238 e. The van der Waals surface area contributed by atoms with E-state index in [2.05, 4.69) is 12.2 Å². The van der Waals surface area contributed by atoms with E-state index in [1.165, 1.54) is 4.90 Å². The molecule has 0 unspecified atom stereocenters. The van der Waals surface area contributed by atoms with E-state index in [1.807, 2.05) is 12.1 Å². The van der Waals surface area contributed by atoms with E-state index in [4.69, 9.17) is 4.74 Å². The third-order valence-electron chi connectivity index (χ3n) is 5.09. The van der Waals surface area contributed by atoms with Gasteiger partial charge in [-0.15, -0.1) is 0 Å². The lowest BCUT2D eigenvalue weighted by Crippen LogP contribution is -2.38. The molecule has 1 aromatic carbocycles. The summed E-state index contributed by atoms with van der Waals surface area (Å²) in [7, 11) is 1.56. The minimum absolute atomic E-state index is 0.0615. The predicted octanol–water partition coefficient (Wildman–Crippen LogP) is 2.40. The Morgan fingerprint density at radius 1 is 1.00 bits per heavy atom. The molecule has 2 amide bonds. The molecule has 0 aromatic heterocycles. The number of carbonyl (C=O) groups excluding carboxylic acids is 2. The second-order valence-corrected chi connectivity index (χ2v) is 6.03. The number of rotatable bonds is 2. The first kappa shape index (κ1) is 12.6. The van der Waals surface area contributed by atoms with Gasteiger partial charge in [-0.2, -0.15) is 0 Å². The maximum absolute atomic E-state index is 12.8. The van der Waals surface area contributed by atoms with E-state index in [9.17, 15) is 9.59 Å². The lowest BCUT2D eigenvalue weighted by Gasteiger charge is -2.38. The first-order valence-corrected chi connectivity index (χ1v) is 7.41. The summed E-state index contributed by atoms with van der Waals surface area (Å²) in [4.78, 5) is 27.0. The van der Waals surface area contributed by atoms with Crippen molar-refractivity contribution in [1.29, 1.82) is 0 Å². The highest BCUT2D eigenvalue weighted by molar-refractivity contribution is 6.23. The highest BCUT2D eigenvalue weighted by atomic mass is 16.5. The minimum atomic E-state index is -0.175. The van der Waals surface area contributed by atoms with Crippen LogP contribution in [-0.4, -0.2) is 18.9 Å². The number of allylic oxidation sites excluding steroid dienone is 2. The molecule has 21 heavy (non-hydrogen) atoms. The molecule has 0 N–H and O–H groups in total. The highest BCUT2D eigenvalue weighted by Gasteiger charge is 2.57. The van der Waals surface area contributed by atoms with Crippen LogP contribution in [0.25, 0.3) is 0 Å². The number of imide groups is 1. The predicted molar refractivity (Wildman–Crippen MR) is 77.8 cm³/mol. The van der Waals surface area contributed by atoms with Gasteiger partial charge in [-0.1, -0.05) is 24.3 Å². The molecule has 1 saturated heterocycles. The van der Waals surface area contributed by atoms with Crippen molar-refractivity contribution >= 4 is 17.5 Å². The van der Waals surface area contributed by atoms with Crippen molar-refractivity contribution in [1.82, 2.24) is 0 Å². The molecule has 3 aliphatic carbocycles. The summed E-state index contributed by atoms with van der Waals surface area (Å²) in [6.45, 7) is 0. The molecule has 108 valence electrons. The average Bonchev–Trinajstić information content (AvgIpc) is 2.82. The number of hydrogen-bond acceptors (Lipinski definition) is 3. The molecule has 4 atom stereocenters. The van der Waals surface area contributed by atoms with Gasteiger partial charge in [-0.25, -0.2) is 4.90 Å². The van der Waals surface area contributed by atoms with Crippen molar-refractivity contribution in [2.24, 2.45) is 23.7 Å². The molecule has 4 aliphatic rings. The third kappa shape index (κ3) is 1.62. The molecular weight excluding hydrogens is 266 g/mol. The van der Waals surface area contributed by atoms with E-state index >= 15 is 0 Å². The van der Waals surface area contributed by atoms with E-state index in [0.29, 0.717) is 11.4 Å². The van der Waals surface area contributed by atoms with Crippen LogP contribution in [0.1, 0.15) is 12.8 Å². The molecular formula is C17H17NO3. The van der Waals surface area contributed by atoms with Gasteiger partial charge >= 0.3 is 0 Å². The number of fused-ring (bicyclic) bond motifs is 1. The molecule has 5 rings (SSSR count). The molecule has 2 bridgehead atoms. The number of para-hydroxylation sites is 2. The third-order valence-corrected chi connectivity index (χ3v) is 5.09. The first-order chi connectivity index (χ1) is 10.2. The zero-order valence-electron chi connectivity index (χ0n) is 11.9. The van der Waals surface area contributed by atoms with Crippen molar-refractivity contribution in [3.63, 3.8) is 0 Å². The van der Waals surface area contributed by atoms with E-state index in [0.717, 1.165) is 12.8 Å². The van der Waals surface area contributed by atoms with Gasteiger partial charge in [0, 0.05) is 0 Å². The zero-order valence-corrected chi connectivity index (χ0v) is 11.9. The quantitative estimate of drug-likeness (QED) is 0.618. The fraction of sp³-hybridized carbons (Fsp3) is 0.412. The van der Waals surface area contributed by atoms with Crippen molar-refractivity contribution < 1.29 is 14.3 Å². The van der Waals surface area contributed by atoms with Gasteiger partial charge in [0.15, 0.2) is 0 Å². The van der Waals surface area contributed by atoms with Crippen molar-refractivity contribution in [2.45, 2.75) is 12.8 Å². The molecule has 1 saturated carbocycles. The van der Waals surface area contributed by atoms with Gasteiger partial charge in [0.2, 0.25) is 11.8 Å². The van der Waals surface area contributed by atoms with Gasteiger partial charge in [0.25, 0.3) is 0 Å². The molecule has 1 aliphatic heterocycles. The number of ether oxygens (including phenoxy) is 1. The lowest BCUT2D eigenvalue weighted by molar-refractivity contribution is -0.124. The van der Waals surface area contributed by atoms with Gasteiger partial charge in [0.05, 0.1) is 24.6 Å². The number of nitrogens with zero attached hydrogens (tertiary/aromatic N) is 1. The smallest absolute Gasteiger partial charge is 0.238 e. The molecule has 1 aromatic rings. The van der Waals surface area contributed by atoms with E-state index in [-0.39, 0.29) is 35.5 Å². The summed E-state index contributed by atoms with van der Waals surface area (Å²) in [5, 5.41) is 0. The number of carbonyl (C=O) groups is 2. The van der Waals surface area contributed by atoms with Crippen LogP contribution in [0.15, 0.2) is 36.4 Å². The number of benzene rings is 1. The summed E-state index contributed by atoms with van der Waals surface area (Å²) in [5.41, 5.74) is 0.573. The number of hydrogen-bond donors (Lipinski definition) is 0. The number of methoxy groups -OCH3 is 1. The Balaban J connectivity index is 1.79. The van der Waals surface area contributed by atoms with Crippen molar-refractivity contribution in [2.75, 3.05) is 12.0 Å². The Morgan fingerprint density at radius 3 is 2.10 bits per heavy atom. The number of amides is 2. The molecule has 0 radical (unpaired) electrons. The summed E-state index contributed by atoms with van der Waals surface area (Å²) in [6, 6.07) is 7.23. The standard InChI is InChI=1S/C17H17NO3/c1-21-13-5-3-2-4-12(13)18-16(19)14-10-6-7-11(9-8-10)15(14)17(18)20/h2-7,10-11,14-15H,8-9H2,1H3/t10-,11-,14-,15+/m1/s1. The fourth-order valence-electron chi connectivity index (χ4n) is 4.13. The topological polar surface area (TPSA) is 46.6 Å². The van der Waals surface area contributed by atoms with Crippen LogP contribution < -0.4 is 9.64 Å². The second kappa shape index (κ2) is 4.45. The van der Waals surface area contributed by atoms with Crippen LogP contribution in [0.2, 0.25) is 0 Å². The first-order valence-electron chi connectivity index (χ1n) is 7.41. The van der Waals surface area contributed by atoms with Crippen LogP contribution in [0.3, 0.4) is 0 Å². The second-order valence-electron chi connectivity index (χ2n) is 6.03. The summed E-state index contributed by atoms with van der Waals surface area (Å²) in [6.07, 6.45) is 6.29. The summed E-state index contributed by atoms with van der Waals surface area (Å²) < 4.78 is 5.32. The molecule has 2 fully saturated rings. The summed E-state index contributed by atoms with van der Waals surface area (Å²) >= 11 is 0. The van der Waals surface area contributed by atoms with Gasteiger partial charge in [-0.3, -0.25) is 9.59 Å². The molecule has 4 nitrogen and oxygen atoms in total. The monoisotopic (exact) mass is 283 g/mol. The number of anilines is 1. The van der Waals surface area contributed by atoms with Crippen molar-refractivity contribution in [3.05, 3.63) is 36.4 Å². The van der Waals surface area contributed by atoms with E-state index in [1.54, 1.807) is 19.2 Å². The van der Waals surface area contributed by atoms with Gasteiger partial charge in [0.1, 0.15) is 5.75 Å². The highest BCUT2D eigenvalue weighted by Crippen LogP contribution is 2.51. The Hall–Kier alpha value is -2.10. The SMILES string of the molecule is COc1ccccc1N1C(=O)[C@@H]2[C@H](C1=O)[C@@H]1C=C[C@@H]2CC1. The summed E-state index contributed by atoms with van der Waals surface area (Å²) in [5.74, 6) is 0.532. The van der Waals surface area contributed by atoms with Crippen LogP contribution in [-0.2, 0) is 9.59 Å². The fourth-order valence-corrected chi connectivity index (χ4v) is 4.13. The van der Waals surface area contributed by atoms with Crippen LogP contribution in [0.4, 0.5) is 5.69 Å². The van der Waals surface area contributed by atoms with Gasteiger partial charge in [-0.05, 0) is 36.8 Å². The maximum atomic E-state index is 12.8. The van der Waals surface area contributed by atoms with Crippen LogP contribution in [0.5, 0.6) is 5.75 Å².